The molecule has 1 aliphatic heterocycles. The number of ether oxygens (including phenoxy) is 1. The molecule has 7 nitrogen and oxygen atoms in total. The Morgan fingerprint density at radius 2 is 2.05 bits per heavy atom. The molecule has 9 heteroatoms. The fourth-order valence-electron chi connectivity index (χ4n) is 1.41. The number of nitrogens with one attached hydrogen (secondary N) is 2. The van der Waals surface area contributed by atoms with E-state index in [-0.39, 0.29) is 10.1 Å². The van der Waals surface area contributed by atoms with Crippen LogP contribution < -0.4 is 10.7 Å². The molecular weight excluding hydrogens is 330 g/mol. The zero-order valence-corrected chi connectivity index (χ0v) is 12.8. The summed E-state index contributed by atoms with van der Waals surface area (Å²) < 4.78 is 4.43. The van der Waals surface area contributed by atoms with Gasteiger partial charge in [0.05, 0.1) is 12.0 Å². The van der Waals surface area contributed by atoms with E-state index in [1.807, 2.05) is 0 Å². The Kier molecular flexibility index (Phi) is 5.18. The molecular formula is C13H10ClN3O4S. The van der Waals surface area contributed by atoms with E-state index in [1.165, 1.54) is 7.11 Å². The molecule has 0 saturated carbocycles. The number of hydrogen-bond acceptors (Lipinski definition) is 6. The van der Waals surface area contributed by atoms with Gasteiger partial charge < -0.3 is 4.74 Å². The molecule has 2 N–H and O–H groups in total. The maximum Gasteiger partial charge on any atom is 0.331 e. The van der Waals surface area contributed by atoms with Crippen LogP contribution in [-0.2, 0) is 14.3 Å². The van der Waals surface area contributed by atoms with Gasteiger partial charge in [0.2, 0.25) is 0 Å². The van der Waals surface area contributed by atoms with Gasteiger partial charge in [0.15, 0.2) is 5.17 Å². The molecule has 0 radical (unpaired) electrons. The van der Waals surface area contributed by atoms with E-state index in [0.717, 1.165) is 17.8 Å². The summed E-state index contributed by atoms with van der Waals surface area (Å²) in [6.45, 7) is 0. The van der Waals surface area contributed by atoms with Gasteiger partial charge in [-0.1, -0.05) is 11.6 Å². The van der Waals surface area contributed by atoms with Gasteiger partial charge >= 0.3 is 5.97 Å². The number of hydrogen-bond donors (Lipinski definition) is 2. The van der Waals surface area contributed by atoms with Crippen LogP contribution in [0.2, 0.25) is 5.02 Å². The third-order valence-electron chi connectivity index (χ3n) is 2.47. The lowest BCUT2D eigenvalue weighted by Crippen LogP contribution is -2.25. The second kappa shape index (κ2) is 7.10. The van der Waals surface area contributed by atoms with Crippen LogP contribution >= 0.6 is 23.4 Å². The molecule has 1 aromatic rings. The van der Waals surface area contributed by atoms with Crippen molar-refractivity contribution in [1.29, 1.82) is 0 Å². The highest BCUT2D eigenvalue weighted by molar-refractivity contribution is 8.18. The van der Waals surface area contributed by atoms with Crippen molar-refractivity contribution >= 4 is 46.3 Å². The number of amidine groups is 1. The highest BCUT2D eigenvalue weighted by Crippen LogP contribution is 2.23. The van der Waals surface area contributed by atoms with Crippen LogP contribution in [0.5, 0.6) is 0 Å². The van der Waals surface area contributed by atoms with E-state index in [9.17, 15) is 14.4 Å². The Bertz CT molecular complexity index is 685. The van der Waals surface area contributed by atoms with Gasteiger partial charge in [-0.2, -0.15) is 0 Å². The minimum atomic E-state index is -0.649. The Balaban J connectivity index is 2.01. The molecule has 0 atom stereocenters. The second-order valence-corrected chi connectivity index (χ2v) is 5.42. The second-order valence-electron chi connectivity index (χ2n) is 3.95. The quantitative estimate of drug-likeness (QED) is 0.491. The molecule has 2 amide bonds. The summed E-state index contributed by atoms with van der Waals surface area (Å²) in [5.41, 5.74) is 2.66. The maximum absolute atomic E-state index is 11.8. The van der Waals surface area contributed by atoms with Gasteiger partial charge in [-0.15, -0.1) is 5.10 Å². The minimum Gasteiger partial charge on any atom is -0.466 e. The molecule has 1 fully saturated rings. The van der Waals surface area contributed by atoms with E-state index in [4.69, 9.17) is 11.6 Å². The molecule has 1 aromatic carbocycles. The Labute approximate surface area is 134 Å². The molecule has 0 bridgehead atoms. The summed E-state index contributed by atoms with van der Waals surface area (Å²) in [4.78, 5) is 34.6. The molecule has 1 aliphatic rings. The van der Waals surface area contributed by atoms with Crippen LogP contribution in [0.4, 0.5) is 0 Å². The first kappa shape index (κ1) is 16.1. The van der Waals surface area contributed by atoms with Crippen LogP contribution in [0.25, 0.3) is 0 Å². The summed E-state index contributed by atoms with van der Waals surface area (Å²) in [5.74, 6) is -1.59. The van der Waals surface area contributed by atoms with Crippen LogP contribution in [0.1, 0.15) is 10.4 Å². The molecule has 1 saturated heterocycles. The summed E-state index contributed by atoms with van der Waals surface area (Å²) in [5, 5.41) is 6.86. The number of esters is 1. The first-order valence-corrected chi connectivity index (χ1v) is 7.11. The summed E-state index contributed by atoms with van der Waals surface area (Å²) in [7, 11) is 1.21. The molecule has 0 aliphatic carbocycles. The number of nitrogens with zero attached hydrogens (tertiary/aromatic N) is 1. The van der Waals surface area contributed by atoms with Crippen molar-refractivity contribution in [3.63, 3.8) is 0 Å². The van der Waals surface area contributed by atoms with Crippen molar-refractivity contribution < 1.29 is 19.1 Å². The summed E-state index contributed by atoms with van der Waals surface area (Å²) in [6.07, 6.45) is 1.05. The van der Waals surface area contributed by atoms with E-state index in [0.29, 0.717) is 10.6 Å². The number of carbonyl (C=O) groups excluding carboxylic acids is 3. The Hall–Kier alpha value is -2.32. The van der Waals surface area contributed by atoms with Crippen molar-refractivity contribution in [3.8, 4) is 0 Å². The number of thioether (sulfide) groups is 1. The van der Waals surface area contributed by atoms with Crippen LogP contribution in [-0.4, -0.2) is 30.1 Å². The lowest BCUT2D eigenvalue weighted by atomic mass is 10.2. The highest BCUT2D eigenvalue weighted by Gasteiger charge is 2.25. The smallest absolute Gasteiger partial charge is 0.331 e. The lowest BCUT2D eigenvalue weighted by Gasteiger charge is -2.00. The van der Waals surface area contributed by atoms with E-state index in [2.05, 4.69) is 20.6 Å². The van der Waals surface area contributed by atoms with Crippen molar-refractivity contribution in [2.75, 3.05) is 7.11 Å². The third kappa shape index (κ3) is 4.09. The number of benzene rings is 1. The predicted molar refractivity (Wildman–Crippen MR) is 82.2 cm³/mol. The number of carbonyl (C=O) groups is 3. The van der Waals surface area contributed by atoms with E-state index < -0.39 is 17.8 Å². The fourth-order valence-corrected chi connectivity index (χ4v) is 2.28. The summed E-state index contributed by atoms with van der Waals surface area (Å²) >= 11 is 6.64. The minimum absolute atomic E-state index is 0.131. The molecule has 0 aromatic heterocycles. The molecule has 22 heavy (non-hydrogen) atoms. The zero-order valence-electron chi connectivity index (χ0n) is 11.3. The van der Waals surface area contributed by atoms with Gasteiger partial charge in [0.1, 0.15) is 0 Å². The van der Waals surface area contributed by atoms with E-state index >= 15 is 0 Å². The molecule has 114 valence electrons. The standard InChI is InChI=1S/C13H10ClN3O4S/c1-21-10(18)6-9-12(20)15-13(22-9)17-16-11(19)7-2-4-8(14)5-3-7/h2-6H,1H3,(H,16,19)(H,15,17,20)/b9-6+. The average Bonchev–Trinajstić information content (AvgIpc) is 2.85. The molecule has 0 unspecified atom stereocenters. The third-order valence-corrected chi connectivity index (χ3v) is 3.63. The van der Waals surface area contributed by atoms with Gasteiger partial charge in [0, 0.05) is 16.7 Å². The lowest BCUT2D eigenvalue weighted by molar-refractivity contribution is -0.135. The highest BCUT2D eigenvalue weighted by atomic mass is 35.5. The SMILES string of the molecule is COC(=O)/C=C1/S/C(=N/NC(=O)c2ccc(Cl)cc2)NC1=O. The molecule has 2 rings (SSSR count). The number of amides is 2. The van der Waals surface area contributed by atoms with Crippen LogP contribution in [0.15, 0.2) is 40.3 Å². The number of methoxy groups -OCH3 is 1. The first-order valence-electron chi connectivity index (χ1n) is 5.92. The van der Waals surface area contributed by atoms with Gasteiger partial charge in [-0.05, 0) is 36.0 Å². The zero-order chi connectivity index (χ0) is 16.1. The summed E-state index contributed by atoms with van der Waals surface area (Å²) in [6, 6.07) is 6.24. The van der Waals surface area contributed by atoms with Crippen molar-refractivity contribution in [3.05, 3.63) is 45.8 Å². The largest absolute Gasteiger partial charge is 0.466 e. The average molecular weight is 340 g/mol. The monoisotopic (exact) mass is 339 g/mol. The normalized spacial score (nSPS) is 17.5. The first-order chi connectivity index (χ1) is 10.5. The Morgan fingerprint density at radius 1 is 1.36 bits per heavy atom. The predicted octanol–water partition coefficient (Wildman–Crippen LogP) is 1.26. The van der Waals surface area contributed by atoms with E-state index in [1.54, 1.807) is 24.3 Å². The molecule has 1 heterocycles. The Morgan fingerprint density at radius 3 is 2.68 bits per heavy atom. The maximum atomic E-state index is 11.8. The van der Waals surface area contributed by atoms with Gasteiger partial charge in [-0.3, -0.25) is 14.9 Å². The number of rotatable bonds is 3. The van der Waals surface area contributed by atoms with Gasteiger partial charge in [0.25, 0.3) is 11.8 Å². The van der Waals surface area contributed by atoms with Crippen molar-refractivity contribution in [2.45, 2.75) is 0 Å². The van der Waals surface area contributed by atoms with Crippen molar-refractivity contribution in [2.24, 2.45) is 5.10 Å². The topological polar surface area (TPSA) is 96.9 Å². The van der Waals surface area contributed by atoms with Gasteiger partial charge in [-0.25, -0.2) is 10.2 Å². The fraction of sp³-hybridized carbons (Fsp3) is 0.0769. The number of halogens is 1. The van der Waals surface area contributed by atoms with Crippen LogP contribution in [0.3, 0.4) is 0 Å². The molecule has 0 spiro atoms. The number of hydrazone groups is 1. The van der Waals surface area contributed by atoms with Crippen LogP contribution in [0, 0.1) is 0 Å². The van der Waals surface area contributed by atoms with Crippen molar-refractivity contribution in [1.82, 2.24) is 10.7 Å².